The number of aliphatic hydroxyl groups excluding tert-OH is 1. The SMILES string of the molecule is O=C(Nc1cccc(C#CCO)c1)c1cccc(F)c1. The van der Waals surface area contributed by atoms with Gasteiger partial charge in [-0.25, -0.2) is 4.39 Å². The molecule has 2 aromatic carbocycles. The zero-order valence-corrected chi connectivity index (χ0v) is 10.6. The summed E-state index contributed by atoms with van der Waals surface area (Å²) in [6.45, 7) is -0.222. The van der Waals surface area contributed by atoms with Gasteiger partial charge in [-0.05, 0) is 36.4 Å². The Morgan fingerprint density at radius 2 is 2.00 bits per heavy atom. The molecule has 0 aliphatic rings. The van der Waals surface area contributed by atoms with Crippen LogP contribution in [0.5, 0.6) is 0 Å². The van der Waals surface area contributed by atoms with Crippen molar-refractivity contribution in [3.8, 4) is 11.8 Å². The molecule has 0 fully saturated rings. The minimum Gasteiger partial charge on any atom is -0.384 e. The third-order valence-electron chi connectivity index (χ3n) is 2.52. The number of anilines is 1. The number of benzene rings is 2. The highest BCUT2D eigenvalue weighted by atomic mass is 19.1. The van der Waals surface area contributed by atoms with Gasteiger partial charge < -0.3 is 10.4 Å². The quantitative estimate of drug-likeness (QED) is 0.823. The lowest BCUT2D eigenvalue weighted by molar-refractivity contribution is 0.102. The number of rotatable bonds is 2. The summed E-state index contributed by atoms with van der Waals surface area (Å²) in [6.07, 6.45) is 0. The van der Waals surface area contributed by atoms with E-state index in [1.807, 2.05) is 0 Å². The van der Waals surface area contributed by atoms with Crippen LogP contribution in [0.3, 0.4) is 0 Å². The van der Waals surface area contributed by atoms with Crippen molar-refractivity contribution in [2.75, 3.05) is 11.9 Å². The highest BCUT2D eigenvalue weighted by Gasteiger charge is 2.06. The lowest BCUT2D eigenvalue weighted by Crippen LogP contribution is -2.12. The summed E-state index contributed by atoms with van der Waals surface area (Å²) in [7, 11) is 0. The average molecular weight is 269 g/mol. The first-order valence-electron chi connectivity index (χ1n) is 5.96. The molecular weight excluding hydrogens is 257 g/mol. The molecular formula is C16H12FNO2. The van der Waals surface area contributed by atoms with Crippen LogP contribution in [0.25, 0.3) is 0 Å². The molecule has 0 bridgehead atoms. The molecule has 0 atom stereocenters. The minimum atomic E-state index is -0.458. The van der Waals surface area contributed by atoms with Gasteiger partial charge in [0, 0.05) is 16.8 Å². The molecule has 0 aliphatic heterocycles. The van der Waals surface area contributed by atoms with E-state index in [1.165, 1.54) is 24.3 Å². The van der Waals surface area contributed by atoms with E-state index in [4.69, 9.17) is 5.11 Å². The Bertz CT molecular complexity index is 686. The normalized spacial score (nSPS) is 9.50. The molecule has 1 amide bonds. The van der Waals surface area contributed by atoms with Crippen molar-refractivity contribution in [3.05, 3.63) is 65.5 Å². The molecule has 4 heteroatoms. The van der Waals surface area contributed by atoms with E-state index in [0.29, 0.717) is 11.3 Å². The molecule has 0 radical (unpaired) electrons. The summed E-state index contributed by atoms with van der Waals surface area (Å²) in [5.41, 5.74) is 1.48. The fourth-order valence-corrected chi connectivity index (χ4v) is 1.65. The van der Waals surface area contributed by atoms with Crippen LogP contribution in [0.2, 0.25) is 0 Å². The van der Waals surface area contributed by atoms with E-state index < -0.39 is 11.7 Å². The highest BCUT2D eigenvalue weighted by molar-refractivity contribution is 6.04. The van der Waals surface area contributed by atoms with E-state index in [0.717, 1.165) is 0 Å². The molecule has 3 nitrogen and oxygen atoms in total. The van der Waals surface area contributed by atoms with Crippen LogP contribution < -0.4 is 5.32 Å². The highest BCUT2D eigenvalue weighted by Crippen LogP contribution is 2.12. The minimum absolute atomic E-state index is 0.222. The standard InChI is InChI=1S/C16H12FNO2/c17-14-7-2-6-13(11-14)16(20)18-15-8-1-4-12(10-15)5-3-9-19/h1-2,4,6-8,10-11,19H,9H2,(H,18,20). The zero-order valence-electron chi connectivity index (χ0n) is 10.6. The average Bonchev–Trinajstić information content (AvgIpc) is 2.45. The molecule has 0 aliphatic carbocycles. The maximum Gasteiger partial charge on any atom is 0.255 e. The van der Waals surface area contributed by atoms with Gasteiger partial charge in [0.1, 0.15) is 12.4 Å². The predicted octanol–water partition coefficient (Wildman–Crippen LogP) is 2.42. The molecule has 2 aromatic rings. The molecule has 0 saturated carbocycles. The Balaban J connectivity index is 2.15. The van der Waals surface area contributed by atoms with E-state index in [2.05, 4.69) is 17.2 Å². The Morgan fingerprint density at radius 3 is 2.75 bits per heavy atom. The van der Waals surface area contributed by atoms with Crippen molar-refractivity contribution in [3.63, 3.8) is 0 Å². The number of hydrogen-bond acceptors (Lipinski definition) is 2. The largest absolute Gasteiger partial charge is 0.384 e. The van der Waals surface area contributed by atoms with Gasteiger partial charge >= 0.3 is 0 Å². The van der Waals surface area contributed by atoms with E-state index in [1.54, 1.807) is 24.3 Å². The molecule has 0 heterocycles. The maximum absolute atomic E-state index is 13.0. The monoisotopic (exact) mass is 269 g/mol. The lowest BCUT2D eigenvalue weighted by Gasteiger charge is -2.05. The van der Waals surface area contributed by atoms with Crippen molar-refractivity contribution >= 4 is 11.6 Å². The van der Waals surface area contributed by atoms with Crippen LogP contribution >= 0.6 is 0 Å². The van der Waals surface area contributed by atoms with E-state index in [9.17, 15) is 9.18 Å². The summed E-state index contributed by atoms with van der Waals surface area (Å²) in [4.78, 5) is 11.9. The van der Waals surface area contributed by atoms with Gasteiger partial charge in [0.25, 0.3) is 5.91 Å². The van der Waals surface area contributed by atoms with Crippen LogP contribution in [-0.4, -0.2) is 17.6 Å². The number of amides is 1. The molecule has 20 heavy (non-hydrogen) atoms. The first-order valence-corrected chi connectivity index (χ1v) is 5.96. The Hall–Kier alpha value is -2.64. The second kappa shape index (κ2) is 6.50. The third-order valence-corrected chi connectivity index (χ3v) is 2.52. The van der Waals surface area contributed by atoms with Gasteiger partial charge in [0.2, 0.25) is 0 Å². The second-order valence-electron chi connectivity index (χ2n) is 4.01. The van der Waals surface area contributed by atoms with Crippen molar-refractivity contribution in [2.24, 2.45) is 0 Å². The molecule has 2 N–H and O–H groups in total. The van der Waals surface area contributed by atoms with Crippen LogP contribution in [0.15, 0.2) is 48.5 Å². The Labute approximate surface area is 116 Å². The molecule has 0 saturated heterocycles. The van der Waals surface area contributed by atoms with Crippen LogP contribution in [0.1, 0.15) is 15.9 Å². The molecule has 0 spiro atoms. The Kier molecular flexibility index (Phi) is 4.48. The summed E-state index contributed by atoms with van der Waals surface area (Å²) >= 11 is 0. The van der Waals surface area contributed by atoms with Gasteiger partial charge in [-0.2, -0.15) is 0 Å². The Morgan fingerprint density at radius 1 is 1.20 bits per heavy atom. The summed E-state index contributed by atoms with van der Waals surface area (Å²) in [5.74, 6) is 4.42. The fraction of sp³-hybridized carbons (Fsp3) is 0.0625. The fourth-order valence-electron chi connectivity index (χ4n) is 1.65. The summed E-state index contributed by atoms with van der Waals surface area (Å²) in [6, 6.07) is 12.4. The number of carbonyl (C=O) groups excluding carboxylic acids is 1. The molecule has 0 aromatic heterocycles. The third kappa shape index (κ3) is 3.67. The van der Waals surface area contributed by atoms with E-state index >= 15 is 0 Å². The van der Waals surface area contributed by atoms with Crippen molar-refractivity contribution in [2.45, 2.75) is 0 Å². The number of nitrogens with one attached hydrogen (secondary N) is 1. The van der Waals surface area contributed by atoms with Gasteiger partial charge in [0.05, 0.1) is 0 Å². The lowest BCUT2D eigenvalue weighted by atomic mass is 10.1. The maximum atomic E-state index is 13.0. The first kappa shape index (κ1) is 13.8. The second-order valence-corrected chi connectivity index (χ2v) is 4.01. The van der Waals surface area contributed by atoms with Gasteiger partial charge in [0.15, 0.2) is 0 Å². The summed E-state index contributed by atoms with van der Waals surface area (Å²) < 4.78 is 13.0. The number of carbonyl (C=O) groups is 1. The topological polar surface area (TPSA) is 49.3 Å². The number of hydrogen-bond donors (Lipinski definition) is 2. The molecule has 2 rings (SSSR count). The number of halogens is 1. The van der Waals surface area contributed by atoms with Crippen molar-refractivity contribution in [1.29, 1.82) is 0 Å². The first-order chi connectivity index (χ1) is 9.69. The van der Waals surface area contributed by atoms with Gasteiger partial charge in [-0.3, -0.25) is 4.79 Å². The van der Waals surface area contributed by atoms with Crippen LogP contribution in [0, 0.1) is 17.7 Å². The summed E-state index contributed by atoms with van der Waals surface area (Å²) in [5, 5.41) is 11.3. The molecule has 0 unspecified atom stereocenters. The molecule has 100 valence electrons. The van der Waals surface area contributed by atoms with Gasteiger partial charge in [-0.15, -0.1) is 0 Å². The number of aliphatic hydroxyl groups is 1. The predicted molar refractivity (Wildman–Crippen MR) is 74.8 cm³/mol. The smallest absolute Gasteiger partial charge is 0.255 e. The van der Waals surface area contributed by atoms with Crippen LogP contribution in [-0.2, 0) is 0 Å². The van der Waals surface area contributed by atoms with Crippen molar-refractivity contribution in [1.82, 2.24) is 0 Å². The van der Waals surface area contributed by atoms with E-state index in [-0.39, 0.29) is 12.2 Å². The van der Waals surface area contributed by atoms with Crippen molar-refractivity contribution < 1.29 is 14.3 Å². The van der Waals surface area contributed by atoms with Crippen LogP contribution in [0.4, 0.5) is 10.1 Å². The zero-order chi connectivity index (χ0) is 14.4. The van der Waals surface area contributed by atoms with Gasteiger partial charge in [-0.1, -0.05) is 24.0 Å².